The standard InChI is InChI=1S/C21H18ClN5OS/c1-13-18(14(2)27(26-13)17-7-5-16(22)6-8-17)10-20(28)25-21-24-19(12-29-21)15-4-3-9-23-11-15/h3-9,11-12H,10H2,1-2H3,(H,24,25,28). The van der Waals surface area contributed by atoms with E-state index >= 15 is 0 Å². The first-order valence-electron chi connectivity index (χ1n) is 8.98. The zero-order valence-electron chi connectivity index (χ0n) is 15.9. The Labute approximate surface area is 177 Å². The maximum absolute atomic E-state index is 12.6. The van der Waals surface area contributed by atoms with Gasteiger partial charge in [-0.2, -0.15) is 5.10 Å². The molecule has 29 heavy (non-hydrogen) atoms. The lowest BCUT2D eigenvalue weighted by Crippen LogP contribution is -2.15. The molecule has 0 atom stereocenters. The van der Waals surface area contributed by atoms with E-state index in [4.69, 9.17) is 11.6 Å². The number of pyridine rings is 1. The third-order valence-electron chi connectivity index (χ3n) is 4.56. The van der Waals surface area contributed by atoms with E-state index < -0.39 is 0 Å². The van der Waals surface area contributed by atoms with Gasteiger partial charge < -0.3 is 5.32 Å². The van der Waals surface area contributed by atoms with Gasteiger partial charge in [-0.15, -0.1) is 11.3 Å². The van der Waals surface area contributed by atoms with Crippen LogP contribution in [0.1, 0.15) is 17.0 Å². The zero-order chi connectivity index (χ0) is 20.4. The molecule has 0 spiro atoms. The van der Waals surface area contributed by atoms with Gasteiger partial charge in [-0.3, -0.25) is 9.78 Å². The summed E-state index contributed by atoms with van der Waals surface area (Å²) in [6, 6.07) is 11.2. The predicted molar refractivity (Wildman–Crippen MR) is 116 cm³/mol. The SMILES string of the molecule is Cc1nn(-c2ccc(Cl)cc2)c(C)c1CC(=O)Nc1nc(-c2cccnc2)cs1. The lowest BCUT2D eigenvalue weighted by Gasteiger charge is -2.06. The molecule has 8 heteroatoms. The largest absolute Gasteiger partial charge is 0.302 e. The second kappa shape index (κ2) is 8.14. The molecule has 1 amide bonds. The van der Waals surface area contributed by atoms with E-state index in [-0.39, 0.29) is 12.3 Å². The van der Waals surface area contributed by atoms with Crippen molar-refractivity contribution in [1.29, 1.82) is 0 Å². The van der Waals surface area contributed by atoms with Crippen LogP contribution in [0.2, 0.25) is 5.02 Å². The third-order valence-corrected chi connectivity index (χ3v) is 5.57. The van der Waals surface area contributed by atoms with Crippen molar-refractivity contribution in [2.45, 2.75) is 20.3 Å². The topological polar surface area (TPSA) is 72.7 Å². The third kappa shape index (κ3) is 4.21. The van der Waals surface area contributed by atoms with Crippen LogP contribution >= 0.6 is 22.9 Å². The van der Waals surface area contributed by atoms with Crippen molar-refractivity contribution in [2.75, 3.05) is 5.32 Å². The van der Waals surface area contributed by atoms with Gasteiger partial charge in [-0.25, -0.2) is 9.67 Å². The van der Waals surface area contributed by atoms with Crippen molar-refractivity contribution < 1.29 is 4.79 Å². The number of hydrogen-bond acceptors (Lipinski definition) is 5. The van der Waals surface area contributed by atoms with E-state index in [0.29, 0.717) is 10.2 Å². The first-order valence-corrected chi connectivity index (χ1v) is 10.2. The zero-order valence-corrected chi connectivity index (χ0v) is 17.5. The van der Waals surface area contributed by atoms with Gasteiger partial charge in [0.15, 0.2) is 5.13 Å². The highest BCUT2D eigenvalue weighted by molar-refractivity contribution is 7.14. The summed E-state index contributed by atoms with van der Waals surface area (Å²) in [7, 11) is 0. The molecule has 0 saturated carbocycles. The molecule has 4 rings (SSSR count). The number of carbonyl (C=O) groups excluding carboxylic acids is 1. The molecule has 0 radical (unpaired) electrons. The first-order chi connectivity index (χ1) is 14.0. The molecule has 146 valence electrons. The van der Waals surface area contributed by atoms with Gasteiger partial charge >= 0.3 is 0 Å². The molecule has 6 nitrogen and oxygen atoms in total. The van der Waals surface area contributed by atoms with E-state index in [1.807, 2.05) is 60.3 Å². The Bertz CT molecular complexity index is 1150. The second-order valence-electron chi connectivity index (χ2n) is 6.54. The van der Waals surface area contributed by atoms with Crippen LogP contribution in [0.5, 0.6) is 0 Å². The summed E-state index contributed by atoms with van der Waals surface area (Å²) < 4.78 is 1.83. The number of nitrogens with one attached hydrogen (secondary N) is 1. The monoisotopic (exact) mass is 423 g/mol. The molecular formula is C21H18ClN5OS. The Kier molecular flexibility index (Phi) is 5.42. The average molecular weight is 424 g/mol. The number of aromatic nitrogens is 4. The quantitative estimate of drug-likeness (QED) is 0.498. The number of amides is 1. The number of aryl methyl sites for hydroxylation is 1. The molecule has 1 N–H and O–H groups in total. The smallest absolute Gasteiger partial charge is 0.230 e. The summed E-state index contributed by atoms with van der Waals surface area (Å²) >= 11 is 7.36. The van der Waals surface area contributed by atoms with Crippen LogP contribution in [0.15, 0.2) is 54.2 Å². The lowest BCUT2D eigenvalue weighted by molar-refractivity contribution is -0.115. The Balaban J connectivity index is 1.49. The molecule has 4 aromatic rings. The van der Waals surface area contributed by atoms with E-state index in [1.54, 1.807) is 12.4 Å². The number of halogens is 1. The molecule has 0 saturated heterocycles. The van der Waals surface area contributed by atoms with E-state index in [9.17, 15) is 4.79 Å². The predicted octanol–water partition coefficient (Wildman–Crippen LogP) is 4.84. The van der Waals surface area contributed by atoms with Crippen molar-refractivity contribution >= 4 is 34.0 Å². The molecule has 0 bridgehead atoms. The van der Waals surface area contributed by atoms with Crippen LogP contribution in [0.3, 0.4) is 0 Å². The summed E-state index contributed by atoms with van der Waals surface area (Å²) in [6.45, 7) is 3.87. The molecule has 1 aromatic carbocycles. The molecular weight excluding hydrogens is 406 g/mol. The Morgan fingerprint density at radius 2 is 2.00 bits per heavy atom. The fourth-order valence-corrected chi connectivity index (χ4v) is 3.93. The highest BCUT2D eigenvalue weighted by Gasteiger charge is 2.17. The van der Waals surface area contributed by atoms with Gasteiger partial charge in [0.25, 0.3) is 0 Å². The maximum atomic E-state index is 12.6. The Morgan fingerprint density at radius 1 is 1.21 bits per heavy atom. The number of rotatable bonds is 5. The van der Waals surface area contributed by atoms with Crippen LogP contribution in [0, 0.1) is 13.8 Å². The highest BCUT2D eigenvalue weighted by Crippen LogP contribution is 2.25. The molecule has 0 aliphatic rings. The van der Waals surface area contributed by atoms with Crippen molar-refractivity contribution in [3.63, 3.8) is 0 Å². The lowest BCUT2D eigenvalue weighted by atomic mass is 10.1. The van der Waals surface area contributed by atoms with Crippen molar-refractivity contribution in [1.82, 2.24) is 19.7 Å². The fourth-order valence-electron chi connectivity index (χ4n) is 3.07. The first kappa shape index (κ1) is 19.3. The van der Waals surface area contributed by atoms with Crippen LogP contribution in [0.25, 0.3) is 16.9 Å². The van der Waals surface area contributed by atoms with Gasteiger partial charge in [0.05, 0.1) is 23.5 Å². The summed E-state index contributed by atoms with van der Waals surface area (Å²) in [5.74, 6) is -0.126. The van der Waals surface area contributed by atoms with E-state index in [1.165, 1.54) is 11.3 Å². The molecule has 0 aliphatic heterocycles. The molecule has 3 aromatic heterocycles. The Morgan fingerprint density at radius 3 is 2.72 bits per heavy atom. The van der Waals surface area contributed by atoms with Crippen molar-refractivity contribution in [2.24, 2.45) is 0 Å². The van der Waals surface area contributed by atoms with Crippen LogP contribution < -0.4 is 5.32 Å². The van der Waals surface area contributed by atoms with Crippen LogP contribution in [-0.2, 0) is 11.2 Å². The number of nitrogens with zero attached hydrogens (tertiary/aromatic N) is 4. The van der Waals surface area contributed by atoms with Gasteiger partial charge in [-0.05, 0) is 50.2 Å². The minimum Gasteiger partial charge on any atom is -0.302 e. The van der Waals surface area contributed by atoms with Crippen molar-refractivity contribution in [3.05, 3.63) is 76.1 Å². The second-order valence-corrected chi connectivity index (χ2v) is 7.84. The van der Waals surface area contributed by atoms with E-state index in [0.717, 1.165) is 33.9 Å². The number of hydrogen-bond donors (Lipinski definition) is 1. The van der Waals surface area contributed by atoms with Crippen molar-refractivity contribution in [3.8, 4) is 16.9 Å². The minimum absolute atomic E-state index is 0.126. The Hall–Kier alpha value is -3.03. The number of benzene rings is 1. The average Bonchev–Trinajstić information content (AvgIpc) is 3.29. The van der Waals surface area contributed by atoms with Crippen LogP contribution in [0.4, 0.5) is 5.13 Å². The number of thiazole rings is 1. The summed E-state index contributed by atoms with van der Waals surface area (Å²) in [4.78, 5) is 21.2. The highest BCUT2D eigenvalue weighted by atomic mass is 35.5. The minimum atomic E-state index is -0.126. The fraction of sp³-hybridized carbons (Fsp3) is 0.143. The summed E-state index contributed by atoms with van der Waals surface area (Å²) in [5, 5.41) is 10.6. The van der Waals surface area contributed by atoms with Gasteiger partial charge in [-0.1, -0.05) is 11.6 Å². The molecule has 0 aliphatic carbocycles. The van der Waals surface area contributed by atoms with Gasteiger partial charge in [0, 0.05) is 39.6 Å². The van der Waals surface area contributed by atoms with Gasteiger partial charge in [0.1, 0.15) is 0 Å². The summed E-state index contributed by atoms with van der Waals surface area (Å²) in [5.41, 5.74) is 5.27. The maximum Gasteiger partial charge on any atom is 0.230 e. The van der Waals surface area contributed by atoms with E-state index in [2.05, 4.69) is 20.4 Å². The number of anilines is 1. The normalized spacial score (nSPS) is 10.9. The molecule has 0 unspecified atom stereocenters. The number of carbonyl (C=O) groups is 1. The van der Waals surface area contributed by atoms with Gasteiger partial charge in [0.2, 0.25) is 5.91 Å². The molecule has 0 fully saturated rings. The molecule has 3 heterocycles. The van der Waals surface area contributed by atoms with Crippen LogP contribution in [-0.4, -0.2) is 25.7 Å². The summed E-state index contributed by atoms with van der Waals surface area (Å²) in [6.07, 6.45) is 3.69.